The van der Waals surface area contributed by atoms with Crippen molar-refractivity contribution in [2.75, 3.05) is 26.0 Å². The van der Waals surface area contributed by atoms with E-state index in [9.17, 15) is 54.6 Å². The molecule has 0 aliphatic rings. The second-order valence-corrected chi connectivity index (χ2v) is 10.1. The molecule has 42 heavy (non-hydrogen) atoms. The van der Waals surface area contributed by atoms with Crippen LogP contribution in [0, 0.1) is 40.5 Å². The predicted octanol–water partition coefficient (Wildman–Crippen LogP) is 4.36. The molecule has 0 aliphatic carbocycles. The molecule has 0 heterocycles. The van der Waals surface area contributed by atoms with Gasteiger partial charge in [-0.1, -0.05) is 12.1 Å². The van der Waals surface area contributed by atoms with Crippen LogP contribution in [0.5, 0.6) is 0 Å². The van der Waals surface area contributed by atoms with E-state index in [-0.39, 0.29) is 13.2 Å². The second kappa shape index (κ2) is 14.7. The minimum atomic E-state index is -3.77. The van der Waals surface area contributed by atoms with Crippen LogP contribution in [0.2, 0.25) is 0 Å². The summed E-state index contributed by atoms with van der Waals surface area (Å²) in [5.41, 5.74) is -5.96. The van der Waals surface area contributed by atoms with Crippen LogP contribution in [-0.4, -0.2) is 63.7 Å². The van der Waals surface area contributed by atoms with Gasteiger partial charge in [-0.2, -0.15) is 0 Å². The van der Waals surface area contributed by atoms with E-state index in [1.165, 1.54) is 13.8 Å². The molecule has 0 radical (unpaired) electrons. The average Bonchev–Trinajstić information content (AvgIpc) is 2.93. The number of hydrogen-bond donors (Lipinski definition) is 0. The normalized spacial score (nSPS) is 11.8. The molecule has 1 atom stereocenters. The standard InChI is InChI=1S/C22H23N4O15P/c1-3-39-42(37,40-4-2)12-11-14(41-22(28)16-8-6-10-18(24(31)32)20(16)26(35)36)13-38-21(27)15-7-5-9-17(23(29)30)19(15)25(33)34/h5-10,14H,3-4,11-13H2,1-2H3. The third-order valence-corrected chi connectivity index (χ3v) is 7.39. The molecule has 0 saturated heterocycles. The lowest BCUT2D eigenvalue weighted by Crippen LogP contribution is -2.27. The monoisotopic (exact) mass is 614 g/mol. The maximum atomic E-state index is 12.9. The van der Waals surface area contributed by atoms with Gasteiger partial charge in [0.05, 0.1) is 39.1 Å². The molecule has 2 aromatic carbocycles. The van der Waals surface area contributed by atoms with Gasteiger partial charge in [0.15, 0.2) is 0 Å². The molecule has 0 amide bonds. The van der Waals surface area contributed by atoms with E-state index in [4.69, 9.17) is 18.5 Å². The number of esters is 2. The van der Waals surface area contributed by atoms with Crippen molar-refractivity contribution in [3.8, 4) is 0 Å². The maximum absolute atomic E-state index is 12.9. The Bertz CT molecular complexity index is 1440. The quantitative estimate of drug-likeness (QED) is 0.110. The number of nitrogens with zero attached hydrogens (tertiary/aromatic N) is 4. The lowest BCUT2D eigenvalue weighted by atomic mass is 10.1. The molecule has 20 heteroatoms. The second-order valence-electron chi connectivity index (χ2n) is 7.96. The summed E-state index contributed by atoms with van der Waals surface area (Å²) in [6.45, 7) is 2.10. The molecule has 0 N–H and O–H groups in total. The van der Waals surface area contributed by atoms with Crippen LogP contribution in [0.25, 0.3) is 0 Å². The van der Waals surface area contributed by atoms with Crippen LogP contribution in [0.15, 0.2) is 36.4 Å². The number of ether oxygens (including phenoxy) is 2. The molecule has 0 bridgehead atoms. The summed E-state index contributed by atoms with van der Waals surface area (Å²) >= 11 is 0. The van der Waals surface area contributed by atoms with E-state index in [0.29, 0.717) is 0 Å². The molecule has 0 saturated carbocycles. The van der Waals surface area contributed by atoms with Gasteiger partial charge < -0.3 is 18.5 Å². The predicted molar refractivity (Wildman–Crippen MR) is 139 cm³/mol. The van der Waals surface area contributed by atoms with Crippen molar-refractivity contribution in [3.05, 3.63) is 88.0 Å². The number of benzene rings is 2. The summed E-state index contributed by atoms with van der Waals surface area (Å²) in [6, 6.07) is 5.36. The zero-order chi connectivity index (χ0) is 31.6. The number of nitro groups is 4. The van der Waals surface area contributed by atoms with Crippen molar-refractivity contribution < 1.29 is 52.4 Å². The summed E-state index contributed by atoms with van der Waals surface area (Å²) in [5, 5.41) is 45.4. The van der Waals surface area contributed by atoms with Crippen LogP contribution in [0.4, 0.5) is 22.7 Å². The van der Waals surface area contributed by atoms with Crippen molar-refractivity contribution in [2.45, 2.75) is 26.4 Å². The fraction of sp³-hybridized carbons (Fsp3) is 0.364. The molecule has 2 rings (SSSR count). The van der Waals surface area contributed by atoms with Gasteiger partial charge in [0.2, 0.25) is 0 Å². The van der Waals surface area contributed by atoms with Crippen molar-refractivity contribution in [1.29, 1.82) is 0 Å². The average molecular weight is 614 g/mol. The fourth-order valence-corrected chi connectivity index (χ4v) is 5.29. The first-order valence-corrected chi connectivity index (χ1v) is 13.6. The summed E-state index contributed by atoms with van der Waals surface area (Å²) in [6.07, 6.45) is -2.37. The Hall–Kier alpha value is -4.87. The van der Waals surface area contributed by atoms with Crippen molar-refractivity contribution in [1.82, 2.24) is 0 Å². The van der Waals surface area contributed by atoms with E-state index < -0.39 is 98.4 Å². The highest BCUT2D eigenvalue weighted by Gasteiger charge is 2.36. The first-order valence-electron chi connectivity index (χ1n) is 11.9. The van der Waals surface area contributed by atoms with Crippen LogP contribution >= 0.6 is 7.60 Å². The Kier molecular flexibility index (Phi) is 11.6. The number of carbonyl (C=O) groups is 2. The highest BCUT2D eigenvalue weighted by Crippen LogP contribution is 2.49. The van der Waals surface area contributed by atoms with Crippen LogP contribution in [-0.2, 0) is 23.1 Å². The number of rotatable bonds is 16. The van der Waals surface area contributed by atoms with E-state index in [0.717, 1.165) is 36.4 Å². The van der Waals surface area contributed by atoms with Crippen LogP contribution in [0.1, 0.15) is 41.0 Å². The molecule has 0 aromatic heterocycles. The molecule has 2 aromatic rings. The molecule has 19 nitrogen and oxygen atoms in total. The Morgan fingerprint density at radius 2 is 1.21 bits per heavy atom. The van der Waals surface area contributed by atoms with Crippen LogP contribution in [0.3, 0.4) is 0 Å². The van der Waals surface area contributed by atoms with Gasteiger partial charge in [-0.15, -0.1) is 0 Å². The first kappa shape index (κ1) is 33.3. The third-order valence-electron chi connectivity index (χ3n) is 5.28. The molecular formula is C22H23N4O15P. The zero-order valence-electron chi connectivity index (χ0n) is 21.9. The Morgan fingerprint density at radius 1 is 0.762 bits per heavy atom. The SMILES string of the molecule is CCOP(=O)(CCC(COC(=O)c1cccc([N+](=O)[O-])c1[N+](=O)[O-])OC(=O)c1cccc([N+](=O)[O-])c1[N+](=O)[O-])OCC. The summed E-state index contributed by atoms with van der Waals surface area (Å²) < 4.78 is 33.5. The maximum Gasteiger partial charge on any atom is 0.360 e. The molecule has 0 aliphatic heterocycles. The van der Waals surface area contributed by atoms with Crippen molar-refractivity contribution >= 4 is 42.3 Å². The minimum Gasteiger partial charge on any atom is -0.458 e. The van der Waals surface area contributed by atoms with Gasteiger partial charge >= 0.3 is 42.3 Å². The largest absolute Gasteiger partial charge is 0.458 e. The number of carbonyl (C=O) groups excluding carboxylic acids is 2. The van der Waals surface area contributed by atoms with Gasteiger partial charge in [-0.25, -0.2) is 9.59 Å². The van der Waals surface area contributed by atoms with Crippen molar-refractivity contribution in [3.63, 3.8) is 0 Å². The smallest absolute Gasteiger partial charge is 0.360 e. The Morgan fingerprint density at radius 3 is 1.62 bits per heavy atom. The topological polar surface area (TPSA) is 261 Å². The van der Waals surface area contributed by atoms with Gasteiger partial charge in [0, 0.05) is 12.1 Å². The van der Waals surface area contributed by atoms with Gasteiger partial charge in [-0.05, 0) is 32.4 Å². The lowest BCUT2D eigenvalue weighted by molar-refractivity contribution is -0.422. The summed E-state index contributed by atoms with van der Waals surface area (Å²) in [7, 11) is -3.77. The molecular weight excluding hydrogens is 591 g/mol. The highest BCUT2D eigenvalue weighted by atomic mass is 31.2. The van der Waals surface area contributed by atoms with E-state index in [1.807, 2.05) is 0 Å². The number of para-hydroxylation sites is 2. The summed E-state index contributed by atoms with van der Waals surface area (Å²) in [5.74, 6) is -2.87. The lowest BCUT2D eigenvalue weighted by Gasteiger charge is -2.21. The van der Waals surface area contributed by atoms with Gasteiger partial charge in [-0.3, -0.25) is 45.0 Å². The van der Waals surface area contributed by atoms with E-state index in [1.54, 1.807) is 0 Å². The van der Waals surface area contributed by atoms with Crippen LogP contribution < -0.4 is 0 Å². The van der Waals surface area contributed by atoms with Crippen molar-refractivity contribution in [2.24, 2.45) is 0 Å². The van der Waals surface area contributed by atoms with E-state index >= 15 is 0 Å². The first-order chi connectivity index (χ1) is 19.8. The Labute approximate surface area is 235 Å². The number of hydrogen-bond acceptors (Lipinski definition) is 15. The van der Waals surface area contributed by atoms with E-state index in [2.05, 4.69) is 0 Å². The number of nitro benzene ring substituents is 4. The zero-order valence-corrected chi connectivity index (χ0v) is 22.8. The highest BCUT2D eigenvalue weighted by molar-refractivity contribution is 7.53. The van der Waals surface area contributed by atoms with Gasteiger partial charge in [0.1, 0.15) is 23.8 Å². The Balaban J connectivity index is 2.42. The molecule has 1 unspecified atom stereocenters. The summed E-state index contributed by atoms with van der Waals surface area (Å²) in [4.78, 5) is 66.6. The fourth-order valence-electron chi connectivity index (χ4n) is 3.57. The van der Waals surface area contributed by atoms with Gasteiger partial charge in [0.25, 0.3) is 0 Å². The molecule has 0 fully saturated rings. The molecule has 226 valence electrons. The molecule has 0 spiro atoms. The minimum absolute atomic E-state index is 0.0347. The third kappa shape index (κ3) is 8.32.